The molecule has 0 bridgehead atoms. The Hall–Kier alpha value is -1.43. The Kier molecular flexibility index (Phi) is 6.02. The maximum atomic E-state index is 12.0. The number of aryl methyl sites for hydroxylation is 1. The lowest BCUT2D eigenvalue weighted by Crippen LogP contribution is -2.45. The molecule has 1 saturated heterocycles. The number of amides is 1. The molecule has 0 unspecified atom stereocenters. The van der Waals surface area contributed by atoms with Crippen molar-refractivity contribution in [2.45, 2.75) is 64.0 Å². The summed E-state index contributed by atoms with van der Waals surface area (Å²) in [5.41, 5.74) is 0. The van der Waals surface area contributed by atoms with Crippen molar-refractivity contribution in [2.75, 3.05) is 19.6 Å². The van der Waals surface area contributed by atoms with Gasteiger partial charge in [0.25, 0.3) is 0 Å². The van der Waals surface area contributed by atoms with Gasteiger partial charge in [-0.25, -0.2) is 4.98 Å². The third-order valence-electron chi connectivity index (χ3n) is 5.20. The van der Waals surface area contributed by atoms with Gasteiger partial charge < -0.3 is 10.2 Å². The van der Waals surface area contributed by atoms with Crippen LogP contribution in [0, 0.1) is 5.92 Å². The molecule has 1 aromatic heterocycles. The second kappa shape index (κ2) is 8.43. The molecule has 1 N–H and O–H groups in total. The van der Waals surface area contributed by atoms with Gasteiger partial charge in [0, 0.05) is 38.6 Å². The molecular weight excluding hydrogens is 290 g/mol. The topological polar surface area (TPSA) is 63.1 Å². The molecule has 0 aromatic carbocycles. The number of nitrogens with one attached hydrogen (secondary N) is 1. The van der Waals surface area contributed by atoms with Gasteiger partial charge in [-0.2, -0.15) is 5.10 Å². The highest BCUT2D eigenvalue weighted by atomic mass is 16.1. The fraction of sp³-hybridized carbons (Fsp3) is 0.824. The zero-order valence-electron chi connectivity index (χ0n) is 14.0. The van der Waals surface area contributed by atoms with E-state index in [1.54, 1.807) is 11.0 Å². The molecular formula is C17H29N5O. The molecule has 2 heterocycles. The average molecular weight is 319 g/mol. The molecule has 1 saturated carbocycles. The van der Waals surface area contributed by atoms with Crippen LogP contribution in [0.3, 0.4) is 0 Å². The number of hydrogen-bond donors (Lipinski definition) is 1. The second-order valence-corrected chi connectivity index (χ2v) is 7.05. The predicted molar refractivity (Wildman–Crippen MR) is 88.8 cm³/mol. The van der Waals surface area contributed by atoms with E-state index in [4.69, 9.17) is 0 Å². The van der Waals surface area contributed by atoms with Gasteiger partial charge in [-0.15, -0.1) is 0 Å². The summed E-state index contributed by atoms with van der Waals surface area (Å²) < 4.78 is 1.77. The molecule has 6 heteroatoms. The Bertz CT molecular complexity index is 461. The van der Waals surface area contributed by atoms with E-state index in [1.165, 1.54) is 38.6 Å². The van der Waals surface area contributed by atoms with Crippen molar-refractivity contribution in [1.82, 2.24) is 25.0 Å². The van der Waals surface area contributed by atoms with Gasteiger partial charge in [-0.3, -0.25) is 9.48 Å². The minimum atomic E-state index is 0.180. The first-order valence-electron chi connectivity index (χ1n) is 9.14. The van der Waals surface area contributed by atoms with Crippen LogP contribution in [0.15, 0.2) is 12.7 Å². The van der Waals surface area contributed by atoms with Crippen molar-refractivity contribution in [3.8, 4) is 0 Å². The molecule has 2 aliphatic rings. The summed E-state index contributed by atoms with van der Waals surface area (Å²) in [6.45, 7) is 4.31. The van der Waals surface area contributed by atoms with Gasteiger partial charge in [0.05, 0.1) is 0 Å². The lowest BCUT2D eigenvalue weighted by atomic mass is 10.0. The number of likely N-dealkylation sites (tertiary alicyclic amines) is 1. The molecule has 1 aromatic rings. The van der Waals surface area contributed by atoms with E-state index in [9.17, 15) is 4.79 Å². The van der Waals surface area contributed by atoms with Crippen LogP contribution in [0.1, 0.15) is 51.4 Å². The van der Waals surface area contributed by atoms with Gasteiger partial charge in [-0.1, -0.05) is 12.8 Å². The van der Waals surface area contributed by atoms with E-state index >= 15 is 0 Å². The maximum Gasteiger partial charge on any atom is 0.220 e. The molecule has 0 spiro atoms. The number of piperidine rings is 1. The molecule has 0 radical (unpaired) electrons. The minimum Gasteiger partial charge on any atom is -0.353 e. The first-order valence-corrected chi connectivity index (χ1v) is 9.14. The Labute approximate surface area is 138 Å². The van der Waals surface area contributed by atoms with E-state index in [2.05, 4.69) is 20.3 Å². The molecule has 0 atom stereocenters. The van der Waals surface area contributed by atoms with E-state index in [-0.39, 0.29) is 5.91 Å². The Morgan fingerprint density at radius 2 is 1.96 bits per heavy atom. The normalized spacial score (nSPS) is 20.9. The first-order chi connectivity index (χ1) is 11.3. The number of carbonyl (C=O) groups excluding carboxylic acids is 1. The quantitative estimate of drug-likeness (QED) is 0.833. The molecule has 23 heavy (non-hydrogen) atoms. The van der Waals surface area contributed by atoms with Crippen molar-refractivity contribution in [3.63, 3.8) is 0 Å². The Balaban J connectivity index is 1.28. The fourth-order valence-corrected chi connectivity index (χ4v) is 3.87. The fourth-order valence-electron chi connectivity index (χ4n) is 3.87. The molecule has 3 rings (SSSR count). The van der Waals surface area contributed by atoms with Gasteiger partial charge in [0.1, 0.15) is 12.7 Å². The van der Waals surface area contributed by atoms with Gasteiger partial charge in [-0.05, 0) is 38.0 Å². The largest absolute Gasteiger partial charge is 0.353 e. The van der Waals surface area contributed by atoms with Gasteiger partial charge in [0.2, 0.25) is 5.91 Å². The third-order valence-corrected chi connectivity index (χ3v) is 5.20. The van der Waals surface area contributed by atoms with Crippen molar-refractivity contribution in [3.05, 3.63) is 12.7 Å². The SMILES string of the molecule is O=C(CCCn1cncn1)NC1CCN(CC2CCCC2)CC1. The van der Waals surface area contributed by atoms with Crippen molar-refractivity contribution in [2.24, 2.45) is 5.92 Å². The predicted octanol–water partition coefficient (Wildman–Crippen LogP) is 1.83. The number of rotatable bonds is 7. The standard InChI is InChI=1S/C17H29N5O/c23-17(6-3-9-22-14-18-13-19-22)20-16-7-10-21(11-8-16)12-15-4-1-2-5-15/h13-16H,1-12H2,(H,20,23). The summed E-state index contributed by atoms with van der Waals surface area (Å²) in [6, 6.07) is 0.369. The smallest absolute Gasteiger partial charge is 0.220 e. The van der Waals surface area contributed by atoms with Crippen LogP contribution in [-0.4, -0.2) is 51.2 Å². The van der Waals surface area contributed by atoms with E-state index < -0.39 is 0 Å². The average Bonchev–Trinajstić information content (AvgIpc) is 3.23. The highest BCUT2D eigenvalue weighted by Gasteiger charge is 2.24. The van der Waals surface area contributed by atoms with Crippen LogP contribution in [-0.2, 0) is 11.3 Å². The zero-order chi connectivity index (χ0) is 15.9. The molecule has 128 valence electrons. The number of nitrogens with zero attached hydrogens (tertiary/aromatic N) is 4. The number of hydrogen-bond acceptors (Lipinski definition) is 4. The summed E-state index contributed by atoms with van der Waals surface area (Å²) >= 11 is 0. The van der Waals surface area contributed by atoms with Crippen molar-refractivity contribution < 1.29 is 4.79 Å². The molecule has 2 fully saturated rings. The van der Waals surface area contributed by atoms with Gasteiger partial charge in [0.15, 0.2) is 0 Å². The second-order valence-electron chi connectivity index (χ2n) is 7.05. The monoisotopic (exact) mass is 319 g/mol. The Morgan fingerprint density at radius 3 is 2.65 bits per heavy atom. The van der Waals surface area contributed by atoms with Crippen LogP contribution in [0.2, 0.25) is 0 Å². The zero-order valence-corrected chi connectivity index (χ0v) is 14.0. The summed E-state index contributed by atoms with van der Waals surface area (Å²) in [5, 5.41) is 7.25. The first kappa shape index (κ1) is 16.4. The van der Waals surface area contributed by atoms with Crippen LogP contribution in [0.25, 0.3) is 0 Å². The molecule has 6 nitrogen and oxygen atoms in total. The Morgan fingerprint density at radius 1 is 1.17 bits per heavy atom. The number of carbonyl (C=O) groups is 1. The van der Waals surface area contributed by atoms with Gasteiger partial charge >= 0.3 is 0 Å². The van der Waals surface area contributed by atoms with E-state index in [1.807, 2.05) is 0 Å². The van der Waals surface area contributed by atoms with Crippen LogP contribution in [0.5, 0.6) is 0 Å². The van der Waals surface area contributed by atoms with Crippen LogP contribution < -0.4 is 5.32 Å². The van der Waals surface area contributed by atoms with Crippen LogP contribution >= 0.6 is 0 Å². The summed E-state index contributed by atoms with van der Waals surface area (Å²) in [6.07, 6.45) is 12.5. The summed E-state index contributed by atoms with van der Waals surface area (Å²) in [5.74, 6) is 1.11. The molecule has 1 amide bonds. The maximum absolute atomic E-state index is 12.0. The minimum absolute atomic E-state index is 0.180. The van der Waals surface area contributed by atoms with Crippen LogP contribution in [0.4, 0.5) is 0 Å². The van der Waals surface area contributed by atoms with E-state index in [0.29, 0.717) is 12.5 Å². The highest BCUT2D eigenvalue weighted by molar-refractivity contribution is 5.76. The number of aromatic nitrogens is 3. The molecule has 1 aliphatic carbocycles. The summed E-state index contributed by atoms with van der Waals surface area (Å²) in [7, 11) is 0. The summed E-state index contributed by atoms with van der Waals surface area (Å²) in [4.78, 5) is 18.5. The lowest BCUT2D eigenvalue weighted by molar-refractivity contribution is -0.122. The van der Waals surface area contributed by atoms with Crippen molar-refractivity contribution >= 4 is 5.91 Å². The van der Waals surface area contributed by atoms with Crippen molar-refractivity contribution in [1.29, 1.82) is 0 Å². The lowest BCUT2D eigenvalue weighted by Gasteiger charge is -2.33. The third kappa shape index (κ3) is 5.30. The molecule has 1 aliphatic heterocycles. The van der Waals surface area contributed by atoms with E-state index in [0.717, 1.165) is 44.8 Å². The highest BCUT2D eigenvalue weighted by Crippen LogP contribution is 2.26.